The lowest BCUT2D eigenvalue weighted by atomic mass is 9.98. The minimum atomic E-state index is -0.273. The maximum absolute atomic E-state index is 11.6. The average molecular weight is 495 g/mol. The summed E-state index contributed by atoms with van der Waals surface area (Å²) in [5, 5.41) is 51.8. The first kappa shape index (κ1) is 23.3. The SMILES string of the molecule is O=c1[nH]nc2n1CCCCc1cc(O)cc(O)c1-2.O=c1[nH]nc2n1CCCCc1cc(O)cc(O)c1-2. The second-order valence-corrected chi connectivity index (χ2v) is 8.92. The van der Waals surface area contributed by atoms with Crippen molar-refractivity contribution in [1.82, 2.24) is 29.5 Å². The Labute approximate surface area is 204 Å². The van der Waals surface area contributed by atoms with Gasteiger partial charge in [0, 0.05) is 25.2 Å². The van der Waals surface area contributed by atoms with Gasteiger partial charge in [0.25, 0.3) is 0 Å². The zero-order valence-corrected chi connectivity index (χ0v) is 19.4. The molecule has 0 saturated carbocycles. The maximum atomic E-state index is 11.6. The van der Waals surface area contributed by atoms with Crippen LogP contribution in [0, 0.1) is 0 Å². The molecule has 0 bridgehead atoms. The quantitative estimate of drug-likeness (QED) is 0.214. The van der Waals surface area contributed by atoms with E-state index >= 15 is 0 Å². The van der Waals surface area contributed by atoms with Crippen molar-refractivity contribution < 1.29 is 20.4 Å². The highest BCUT2D eigenvalue weighted by Gasteiger charge is 2.22. The van der Waals surface area contributed by atoms with Crippen LogP contribution in [0.2, 0.25) is 0 Å². The molecule has 12 heteroatoms. The summed E-state index contributed by atoms with van der Waals surface area (Å²) in [5.41, 5.74) is 2.15. The number of hydrogen-bond donors (Lipinski definition) is 6. The number of hydrogen-bond acceptors (Lipinski definition) is 8. The molecule has 0 atom stereocenters. The van der Waals surface area contributed by atoms with Gasteiger partial charge >= 0.3 is 11.4 Å². The fraction of sp³-hybridized carbons (Fsp3) is 0.333. The number of nitrogens with one attached hydrogen (secondary N) is 2. The lowest BCUT2D eigenvalue weighted by Gasteiger charge is -2.15. The number of benzene rings is 2. The van der Waals surface area contributed by atoms with Crippen molar-refractivity contribution in [2.24, 2.45) is 0 Å². The number of aromatic nitrogens is 6. The molecule has 6 N–H and O–H groups in total. The summed E-state index contributed by atoms with van der Waals surface area (Å²) in [5.74, 6) is 0.825. The van der Waals surface area contributed by atoms with Crippen molar-refractivity contribution in [3.05, 3.63) is 56.4 Å². The number of aromatic hydroxyl groups is 4. The third-order valence-corrected chi connectivity index (χ3v) is 6.49. The van der Waals surface area contributed by atoms with E-state index in [0.717, 1.165) is 49.7 Å². The predicted octanol–water partition coefficient (Wildman–Crippen LogP) is 1.97. The Bertz CT molecular complexity index is 1430. The van der Waals surface area contributed by atoms with Crippen LogP contribution in [0.25, 0.3) is 22.8 Å². The summed E-state index contributed by atoms with van der Waals surface area (Å²) in [7, 11) is 0. The Balaban J connectivity index is 0.000000148. The standard InChI is InChI=1S/2C12H13N3O3/c2*16-8-5-7-3-1-2-4-15-11(13-14-12(15)18)10(7)9(17)6-8/h2*5-6,16-17H,1-4H2,(H,14,18). The van der Waals surface area contributed by atoms with Crippen LogP contribution in [-0.2, 0) is 25.9 Å². The molecule has 0 amide bonds. The molecule has 0 unspecified atom stereocenters. The Hall–Kier alpha value is -4.48. The topological polar surface area (TPSA) is 182 Å². The molecule has 2 aliphatic rings. The van der Waals surface area contributed by atoms with Crippen LogP contribution in [0.1, 0.15) is 36.8 Å². The van der Waals surface area contributed by atoms with Gasteiger partial charge < -0.3 is 20.4 Å². The third-order valence-electron chi connectivity index (χ3n) is 6.49. The highest BCUT2D eigenvalue weighted by atomic mass is 16.3. The molecular weight excluding hydrogens is 468 g/mol. The zero-order valence-electron chi connectivity index (χ0n) is 19.4. The van der Waals surface area contributed by atoms with Crippen LogP contribution in [0.3, 0.4) is 0 Å². The van der Waals surface area contributed by atoms with E-state index in [1.165, 1.54) is 21.3 Å². The Kier molecular flexibility index (Phi) is 6.00. The van der Waals surface area contributed by atoms with E-state index < -0.39 is 0 Å². The van der Waals surface area contributed by atoms with E-state index in [0.29, 0.717) is 35.9 Å². The molecule has 0 aliphatic carbocycles. The molecular formula is C24H26N6O6. The second kappa shape index (κ2) is 9.29. The third kappa shape index (κ3) is 4.21. The summed E-state index contributed by atoms with van der Waals surface area (Å²) in [6.45, 7) is 1.18. The number of aryl methyl sites for hydroxylation is 2. The number of nitrogens with zero attached hydrogens (tertiary/aromatic N) is 4. The second-order valence-electron chi connectivity index (χ2n) is 8.92. The minimum absolute atomic E-state index is 0.0243. The summed E-state index contributed by atoms with van der Waals surface area (Å²) < 4.78 is 3.05. The molecule has 0 saturated heterocycles. The number of phenols is 4. The van der Waals surface area contributed by atoms with Crippen LogP contribution in [-0.4, -0.2) is 50.0 Å². The fourth-order valence-corrected chi connectivity index (χ4v) is 4.85. The van der Waals surface area contributed by atoms with Gasteiger partial charge in [-0.15, -0.1) is 0 Å². The lowest BCUT2D eigenvalue weighted by Crippen LogP contribution is -2.19. The highest BCUT2D eigenvalue weighted by molar-refractivity contribution is 5.71. The van der Waals surface area contributed by atoms with Crippen molar-refractivity contribution >= 4 is 0 Å². The van der Waals surface area contributed by atoms with Gasteiger partial charge in [0.1, 0.15) is 23.0 Å². The maximum Gasteiger partial charge on any atom is 0.343 e. The molecule has 4 heterocycles. The van der Waals surface area contributed by atoms with Crippen LogP contribution < -0.4 is 11.4 Å². The molecule has 2 aliphatic heterocycles. The summed E-state index contributed by atoms with van der Waals surface area (Å²) >= 11 is 0. The predicted molar refractivity (Wildman–Crippen MR) is 129 cm³/mol. The molecule has 4 aromatic rings. The first-order chi connectivity index (χ1) is 17.3. The monoisotopic (exact) mass is 494 g/mol. The Morgan fingerprint density at radius 3 is 1.47 bits per heavy atom. The normalized spacial score (nSPS) is 14.4. The smallest absolute Gasteiger partial charge is 0.343 e. The minimum Gasteiger partial charge on any atom is -0.508 e. The summed E-state index contributed by atoms with van der Waals surface area (Å²) in [4.78, 5) is 23.3. The van der Waals surface area contributed by atoms with Crippen LogP contribution >= 0.6 is 0 Å². The summed E-state index contributed by atoms with van der Waals surface area (Å²) in [6, 6.07) is 5.77. The number of phenolic OH excluding ortho intramolecular Hbond substituents is 4. The molecule has 2 aromatic carbocycles. The van der Waals surface area contributed by atoms with Gasteiger partial charge in [-0.2, -0.15) is 10.2 Å². The van der Waals surface area contributed by atoms with Crippen LogP contribution in [0.5, 0.6) is 23.0 Å². The van der Waals surface area contributed by atoms with Gasteiger partial charge in [0.2, 0.25) is 0 Å². The molecule has 0 fully saturated rings. The van der Waals surface area contributed by atoms with Crippen molar-refractivity contribution in [3.63, 3.8) is 0 Å². The fourth-order valence-electron chi connectivity index (χ4n) is 4.85. The van der Waals surface area contributed by atoms with Crippen LogP contribution in [0.4, 0.5) is 0 Å². The van der Waals surface area contributed by atoms with E-state index in [9.17, 15) is 30.0 Å². The average Bonchev–Trinajstić information content (AvgIpc) is 3.32. The van der Waals surface area contributed by atoms with Crippen molar-refractivity contribution in [2.45, 2.75) is 51.6 Å². The number of aromatic amines is 2. The Morgan fingerprint density at radius 1 is 0.639 bits per heavy atom. The van der Waals surface area contributed by atoms with Gasteiger partial charge in [-0.05, 0) is 61.8 Å². The van der Waals surface area contributed by atoms with E-state index in [4.69, 9.17) is 0 Å². The van der Waals surface area contributed by atoms with Crippen molar-refractivity contribution in [1.29, 1.82) is 0 Å². The van der Waals surface area contributed by atoms with Crippen molar-refractivity contribution in [2.75, 3.05) is 0 Å². The van der Waals surface area contributed by atoms with Gasteiger partial charge in [-0.1, -0.05) is 0 Å². The first-order valence-electron chi connectivity index (χ1n) is 11.7. The van der Waals surface area contributed by atoms with Crippen molar-refractivity contribution in [3.8, 4) is 45.8 Å². The van der Waals surface area contributed by atoms with Gasteiger partial charge in [0.15, 0.2) is 11.6 Å². The molecule has 12 nitrogen and oxygen atoms in total. The molecule has 6 rings (SSSR count). The zero-order chi connectivity index (χ0) is 25.4. The van der Waals surface area contributed by atoms with E-state index in [1.807, 2.05) is 0 Å². The summed E-state index contributed by atoms with van der Waals surface area (Å²) in [6.07, 6.45) is 5.02. The number of rotatable bonds is 0. The lowest BCUT2D eigenvalue weighted by molar-refractivity contribution is 0.447. The molecule has 188 valence electrons. The molecule has 0 radical (unpaired) electrons. The first-order valence-corrected chi connectivity index (χ1v) is 11.7. The highest BCUT2D eigenvalue weighted by Crippen LogP contribution is 2.37. The van der Waals surface area contributed by atoms with Crippen LogP contribution in [0.15, 0.2) is 33.9 Å². The van der Waals surface area contributed by atoms with E-state index in [1.54, 1.807) is 12.1 Å². The van der Waals surface area contributed by atoms with Gasteiger partial charge in [-0.3, -0.25) is 9.13 Å². The molecule has 36 heavy (non-hydrogen) atoms. The number of H-pyrrole nitrogens is 2. The molecule has 2 aromatic heterocycles. The van der Waals surface area contributed by atoms with Gasteiger partial charge in [-0.25, -0.2) is 19.8 Å². The largest absolute Gasteiger partial charge is 0.508 e. The van der Waals surface area contributed by atoms with E-state index in [2.05, 4.69) is 20.4 Å². The Morgan fingerprint density at radius 2 is 1.06 bits per heavy atom. The van der Waals surface area contributed by atoms with E-state index in [-0.39, 0.29) is 34.4 Å². The molecule has 0 spiro atoms. The van der Waals surface area contributed by atoms with Gasteiger partial charge in [0.05, 0.1) is 11.1 Å². The number of fused-ring (bicyclic) bond motifs is 6.